The Bertz CT molecular complexity index is 769. The molecule has 0 radical (unpaired) electrons. The van der Waals surface area contributed by atoms with Gasteiger partial charge in [0.15, 0.2) is 0 Å². The van der Waals surface area contributed by atoms with Gasteiger partial charge in [-0.05, 0) is 38.5 Å². The van der Waals surface area contributed by atoms with Crippen molar-refractivity contribution in [2.75, 3.05) is 13.1 Å². The summed E-state index contributed by atoms with van der Waals surface area (Å²) in [5, 5.41) is 0.932. The van der Waals surface area contributed by atoms with E-state index in [2.05, 4.69) is 41.6 Å². The fourth-order valence-electron chi connectivity index (χ4n) is 2.40. The third-order valence-electron chi connectivity index (χ3n) is 3.62. The standard InChI is InChI=1S/C17H20BrNO2S2/c1-4-7-12-15(23-17(22)19(5-2)6-3)13-10-11(18)8-9-14(13)21-16(12)20/h8-10H,4-7H2,1-3H3. The maximum atomic E-state index is 12.4. The van der Waals surface area contributed by atoms with E-state index in [0.717, 1.165) is 44.1 Å². The molecule has 0 aliphatic heterocycles. The third-order valence-corrected chi connectivity index (χ3v) is 5.73. The minimum atomic E-state index is -0.258. The Morgan fingerprint density at radius 1 is 1.30 bits per heavy atom. The van der Waals surface area contributed by atoms with Crippen LogP contribution in [0.15, 0.2) is 36.8 Å². The molecule has 0 amide bonds. The molecule has 3 nitrogen and oxygen atoms in total. The van der Waals surface area contributed by atoms with Crippen LogP contribution in [0.25, 0.3) is 11.0 Å². The van der Waals surface area contributed by atoms with E-state index in [4.69, 9.17) is 16.6 Å². The van der Waals surface area contributed by atoms with E-state index >= 15 is 0 Å². The van der Waals surface area contributed by atoms with E-state index < -0.39 is 0 Å². The maximum Gasteiger partial charge on any atom is 0.340 e. The molecule has 2 rings (SSSR count). The van der Waals surface area contributed by atoms with Crippen LogP contribution in [-0.2, 0) is 6.42 Å². The van der Waals surface area contributed by atoms with Crippen LogP contribution >= 0.6 is 39.9 Å². The van der Waals surface area contributed by atoms with E-state index in [9.17, 15) is 4.79 Å². The normalized spacial score (nSPS) is 11.0. The van der Waals surface area contributed by atoms with Gasteiger partial charge in [0.05, 0.1) is 5.56 Å². The van der Waals surface area contributed by atoms with Crippen LogP contribution in [0.4, 0.5) is 0 Å². The van der Waals surface area contributed by atoms with Crippen molar-refractivity contribution in [3.8, 4) is 0 Å². The molecule has 0 bridgehead atoms. The summed E-state index contributed by atoms with van der Waals surface area (Å²) in [5.41, 5.74) is 1.06. The van der Waals surface area contributed by atoms with Gasteiger partial charge < -0.3 is 9.32 Å². The average Bonchev–Trinajstić information content (AvgIpc) is 2.52. The largest absolute Gasteiger partial charge is 0.422 e. The minimum Gasteiger partial charge on any atom is -0.422 e. The molecule has 0 unspecified atom stereocenters. The smallest absolute Gasteiger partial charge is 0.340 e. The molecule has 124 valence electrons. The summed E-state index contributed by atoms with van der Waals surface area (Å²) in [7, 11) is 0. The number of hydrogen-bond acceptors (Lipinski definition) is 4. The van der Waals surface area contributed by atoms with Crippen molar-refractivity contribution in [2.45, 2.75) is 38.5 Å². The molecule has 0 saturated heterocycles. The second kappa shape index (κ2) is 8.31. The van der Waals surface area contributed by atoms with Gasteiger partial charge >= 0.3 is 5.63 Å². The molecule has 0 fully saturated rings. The molecule has 1 heterocycles. The summed E-state index contributed by atoms with van der Waals surface area (Å²) < 4.78 is 7.24. The molecule has 1 aromatic heterocycles. The van der Waals surface area contributed by atoms with Crippen molar-refractivity contribution < 1.29 is 4.42 Å². The van der Waals surface area contributed by atoms with Crippen molar-refractivity contribution in [1.29, 1.82) is 0 Å². The Labute approximate surface area is 154 Å². The van der Waals surface area contributed by atoms with Gasteiger partial charge in [0.1, 0.15) is 9.90 Å². The van der Waals surface area contributed by atoms with Crippen molar-refractivity contribution in [3.05, 3.63) is 38.7 Å². The monoisotopic (exact) mass is 413 g/mol. The molecule has 0 atom stereocenters. The highest BCUT2D eigenvalue weighted by atomic mass is 79.9. The average molecular weight is 414 g/mol. The second-order valence-corrected chi connectivity index (χ2v) is 7.69. The molecule has 2 aromatic rings. The van der Waals surface area contributed by atoms with E-state index in [1.165, 1.54) is 11.8 Å². The van der Waals surface area contributed by atoms with Crippen LogP contribution in [0.2, 0.25) is 0 Å². The van der Waals surface area contributed by atoms with Gasteiger partial charge in [0, 0.05) is 27.8 Å². The van der Waals surface area contributed by atoms with Crippen LogP contribution in [0.1, 0.15) is 32.8 Å². The van der Waals surface area contributed by atoms with Crippen LogP contribution in [0, 0.1) is 0 Å². The molecule has 0 aliphatic carbocycles. The highest BCUT2D eigenvalue weighted by molar-refractivity contribution is 9.10. The van der Waals surface area contributed by atoms with E-state index in [1.807, 2.05) is 18.2 Å². The Balaban J connectivity index is 2.61. The number of hydrogen-bond donors (Lipinski definition) is 0. The van der Waals surface area contributed by atoms with Crippen molar-refractivity contribution in [1.82, 2.24) is 4.90 Å². The molecule has 0 aliphatic rings. The van der Waals surface area contributed by atoms with E-state index in [0.29, 0.717) is 12.0 Å². The Morgan fingerprint density at radius 3 is 2.61 bits per heavy atom. The first kappa shape index (κ1) is 18.5. The number of thiocarbonyl (C=S) groups is 1. The first-order valence-corrected chi connectivity index (χ1v) is 9.75. The van der Waals surface area contributed by atoms with Crippen LogP contribution < -0.4 is 5.63 Å². The molecule has 23 heavy (non-hydrogen) atoms. The lowest BCUT2D eigenvalue weighted by Gasteiger charge is -2.22. The lowest BCUT2D eigenvalue weighted by Crippen LogP contribution is -2.26. The zero-order chi connectivity index (χ0) is 17.0. The van der Waals surface area contributed by atoms with Gasteiger partial charge in [-0.1, -0.05) is 53.3 Å². The molecule has 0 N–H and O–H groups in total. The first-order valence-electron chi connectivity index (χ1n) is 7.73. The summed E-state index contributed by atoms with van der Waals surface area (Å²) in [6, 6.07) is 5.69. The van der Waals surface area contributed by atoms with Gasteiger partial charge in [0.25, 0.3) is 0 Å². The zero-order valence-electron chi connectivity index (χ0n) is 13.5. The summed E-state index contributed by atoms with van der Waals surface area (Å²) in [4.78, 5) is 15.4. The van der Waals surface area contributed by atoms with E-state index in [1.54, 1.807) is 0 Å². The number of benzene rings is 1. The molecular weight excluding hydrogens is 394 g/mol. The lowest BCUT2D eigenvalue weighted by molar-refractivity contribution is 0.482. The molecular formula is C17H20BrNO2S2. The number of nitrogens with zero attached hydrogens (tertiary/aromatic N) is 1. The van der Waals surface area contributed by atoms with Crippen LogP contribution in [-0.4, -0.2) is 22.3 Å². The van der Waals surface area contributed by atoms with Gasteiger partial charge in [-0.15, -0.1) is 0 Å². The number of thioether (sulfide) groups is 1. The number of fused-ring (bicyclic) bond motifs is 1. The quantitative estimate of drug-likeness (QED) is 0.380. The minimum absolute atomic E-state index is 0.258. The maximum absolute atomic E-state index is 12.4. The SMILES string of the molecule is CCCc1c(SC(=S)N(CC)CC)c2cc(Br)ccc2oc1=O. The molecule has 6 heteroatoms. The number of halogens is 1. The predicted octanol–water partition coefficient (Wildman–Crippen LogP) is 5.23. The summed E-state index contributed by atoms with van der Waals surface area (Å²) in [5.74, 6) is 0. The molecule has 0 spiro atoms. The second-order valence-electron chi connectivity index (χ2n) is 5.13. The van der Waals surface area contributed by atoms with Crippen LogP contribution in [0.5, 0.6) is 0 Å². The fourth-order valence-corrected chi connectivity index (χ4v) is 4.41. The van der Waals surface area contributed by atoms with Gasteiger partial charge in [-0.3, -0.25) is 0 Å². The highest BCUT2D eigenvalue weighted by Crippen LogP contribution is 2.33. The molecule has 0 saturated carbocycles. The lowest BCUT2D eigenvalue weighted by atomic mass is 10.1. The van der Waals surface area contributed by atoms with Gasteiger partial charge in [0.2, 0.25) is 0 Å². The first-order chi connectivity index (χ1) is 11.0. The Morgan fingerprint density at radius 2 is 2.00 bits per heavy atom. The third kappa shape index (κ3) is 4.17. The van der Waals surface area contributed by atoms with Crippen molar-refractivity contribution >= 4 is 55.2 Å². The zero-order valence-corrected chi connectivity index (χ0v) is 16.7. The van der Waals surface area contributed by atoms with Crippen LogP contribution in [0.3, 0.4) is 0 Å². The number of rotatable bonds is 5. The highest BCUT2D eigenvalue weighted by Gasteiger charge is 2.18. The summed E-state index contributed by atoms with van der Waals surface area (Å²) >= 11 is 10.6. The fraction of sp³-hybridized carbons (Fsp3) is 0.412. The molecule has 1 aromatic carbocycles. The predicted molar refractivity (Wildman–Crippen MR) is 106 cm³/mol. The summed E-state index contributed by atoms with van der Waals surface area (Å²) in [6.07, 6.45) is 1.57. The van der Waals surface area contributed by atoms with Crippen molar-refractivity contribution in [2.24, 2.45) is 0 Å². The summed E-state index contributed by atoms with van der Waals surface area (Å²) in [6.45, 7) is 7.93. The Hall–Kier alpha value is -0.850. The van der Waals surface area contributed by atoms with Gasteiger partial charge in [-0.2, -0.15) is 0 Å². The van der Waals surface area contributed by atoms with E-state index in [-0.39, 0.29) is 5.63 Å². The Kier molecular flexibility index (Phi) is 6.68. The topological polar surface area (TPSA) is 33.5 Å². The van der Waals surface area contributed by atoms with Gasteiger partial charge in [-0.25, -0.2) is 4.79 Å². The van der Waals surface area contributed by atoms with Crippen molar-refractivity contribution in [3.63, 3.8) is 0 Å².